The van der Waals surface area contributed by atoms with Crippen LogP contribution < -0.4 is 10.1 Å². The van der Waals surface area contributed by atoms with Crippen LogP contribution in [-0.4, -0.2) is 12.6 Å². The lowest BCUT2D eigenvalue weighted by Crippen LogP contribution is -2.25. The lowest BCUT2D eigenvalue weighted by molar-refractivity contribution is 0.312. The molecule has 0 amide bonds. The van der Waals surface area contributed by atoms with Gasteiger partial charge in [0.2, 0.25) is 0 Å². The summed E-state index contributed by atoms with van der Waals surface area (Å²) in [4.78, 5) is 0. The second-order valence-electron chi connectivity index (χ2n) is 4.41. The summed E-state index contributed by atoms with van der Waals surface area (Å²) in [5.74, 6) is 0.971. The maximum atomic E-state index is 5.75. The monoisotopic (exact) mass is 311 g/mol. The molecule has 0 saturated heterocycles. The molecule has 0 fully saturated rings. The summed E-state index contributed by atoms with van der Waals surface area (Å²) >= 11 is 3.50. The Bertz CT molecular complexity index is 379. The highest BCUT2D eigenvalue weighted by Gasteiger charge is 2.06. The van der Waals surface area contributed by atoms with Crippen molar-refractivity contribution in [3.8, 4) is 5.75 Å². The Morgan fingerprint density at radius 2 is 2.28 bits per heavy atom. The van der Waals surface area contributed by atoms with E-state index in [9.17, 15) is 0 Å². The van der Waals surface area contributed by atoms with Gasteiger partial charge in [-0.1, -0.05) is 28.9 Å². The van der Waals surface area contributed by atoms with E-state index in [1.165, 1.54) is 5.56 Å². The van der Waals surface area contributed by atoms with Crippen LogP contribution in [0.25, 0.3) is 0 Å². The fraction of sp³-hybridized carbons (Fsp3) is 0.467. The molecule has 0 aromatic heterocycles. The van der Waals surface area contributed by atoms with Gasteiger partial charge in [0, 0.05) is 22.6 Å². The average Bonchev–Trinajstić information content (AvgIpc) is 2.35. The predicted octanol–water partition coefficient (Wildman–Crippen LogP) is 4.29. The van der Waals surface area contributed by atoms with Gasteiger partial charge in [-0.05, 0) is 38.0 Å². The molecule has 1 rings (SSSR count). The maximum Gasteiger partial charge on any atom is 0.123 e. The van der Waals surface area contributed by atoms with Crippen LogP contribution in [0.15, 0.2) is 35.3 Å². The molecular weight excluding hydrogens is 290 g/mol. The third-order valence-corrected chi connectivity index (χ3v) is 3.14. The van der Waals surface area contributed by atoms with E-state index in [0.717, 1.165) is 36.2 Å². The molecule has 1 aromatic carbocycles. The van der Waals surface area contributed by atoms with Gasteiger partial charge in [-0.2, -0.15) is 0 Å². The highest BCUT2D eigenvalue weighted by atomic mass is 79.9. The molecule has 0 bridgehead atoms. The van der Waals surface area contributed by atoms with Gasteiger partial charge in [0.25, 0.3) is 0 Å². The SMILES string of the molecule is C=CCC(C)NCc1cc(Br)ccc1OCCC. The minimum absolute atomic E-state index is 0.431. The zero-order valence-corrected chi connectivity index (χ0v) is 12.8. The van der Waals surface area contributed by atoms with E-state index in [1.807, 2.05) is 18.2 Å². The van der Waals surface area contributed by atoms with E-state index >= 15 is 0 Å². The lowest BCUT2D eigenvalue weighted by Gasteiger charge is -2.15. The molecule has 0 aliphatic rings. The molecule has 1 unspecified atom stereocenters. The van der Waals surface area contributed by atoms with Crippen molar-refractivity contribution in [2.45, 2.75) is 39.3 Å². The maximum absolute atomic E-state index is 5.75. The molecule has 18 heavy (non-hydrogen) atoms. The van der Waals surface area contributed by atoms with Crippen LogP contribution in [-0.2, 0) is 6.54 Å². The molecule has 0 spiro atoms. The van der Waals surface area contributed by atoms with Crippen LogP contribution in [0.5, 0.6) is 5.75 Å². The summed E-state index contributed by atoms with van der Waals surface area (Å²) in [6.07, 6.45) is 3.93. The number of hydrogen-bond acceptors (Lipinski definition) is 2. The van der Waals surface area contributed by atoms with E-state index in [1.54, 1.807) is 0 Å². The van der Waals surface area contributed by atoms with E-state index < -0.39 is 0 Å². The molecule has 0 radical (unpaired) electrons. The fourth-order valence-corrected chi connectivity index (χ4v) is 2.07. The van der Waals surface area contributed by atoms with Crippen LogP contribution >= 0.6 is 15.9 Å². The Balaban J connectivity index is 2.66. The van der Waals surface area contributed by atoms with Gasteiger partial charge >= 0.3 is 0 Å². The van der Waals surface area contributed by atoms with Crippen molar-refractivity contribution in [1.29, 1.82) is 0 Å². The van der Waals surface area contributed by atoms with E-state index in [2.05, 4.69) is 47.7 Å². The third-order valence-electron chi connectivity index (χ3n) is 2.65. The van der Waals surface area contributed by atoms with E-state index in [-0.39, 0.29) is 0 Å². The highest BCUT2D eigenvalue weighted by Crippen LogP contribution is 2.23. The van der Waals surface area contributed by atoms with Crippen molar-refractivity contribution in [2.24, 2.45) is 0 Å². The standard InChI is InChI=1S/C15H22BrNO/c1-4-6-12(3)17-11-13-10-14(16)7-8-15(13)18-9-5-2/h4,7-8,10,12,17H,1,5-6,9,11H2,2-3H3. The molecule has 1 N–H and O–H groups in total. The summed E-state index contributed by atoms with van der Waals surface area (Å²) in [5.41, 5.74) is 1.19. The molecule has 0 saturated carbocycles. The molecule has 100 valence electrons. The summed E-state index contributed by atoms with van der Waals surface area (Å²) in [7, 11) is 0. The van der Waals surface area contributed by atoms with Gasteiger partial charge in [-0.25, -0.2) is 0 Å². The third kappa shape index (κ3) is 5.23. The Hall–Kier alpha value is -0.800. The van der Waals surface area contributed by atoms with Gasteiger partial charge < -0.3 is 10.1 Å². The average molecular weight is 312 g/mol. The first-order valence-electron chi connectivity index (χ1n) is 6.42. The molecule has 1 atom stereocenters. The van der Waals surface area contributed by atoms with Gasteiger partial charge in [0.05, 0.1) is 6.61 Å². The normalized spacial score (nSPS) is 12.2. The largest absolute Gasteiger partial charge is 0.493 e. The fourth-order valence-electron chi connectivity index (χ4n) is 1.66. The minimum Gasteiger partial charge on any atom is -0.493 e. The van der Waals surface area contributed by atoms with Crippen molar-refractivity contribution >= 4 is 15.9 Å². The van der Waals surface area contributed by atoms with Crippen LogP contribution in [0.1, 0.15) is 32.3 Å². The Kier molecular flexibility index (Phi) is 7.06. The van der Waals surface area contributed by atoms with Gasteiger partial charge in [-0.3, -0.25) is 0 Å². The molecule has 1 aromatic rings. The molecule has 2 nitrogen and oxygen atoms in total. The van der Waals surface area contributed by atoms with Gasteiger partial charge in [-0.15, -0.1) is 6.58 Å². The Labute approximate surface area is 119 Å². The van der Waals surface area contributed by atoms with Crippen LogP contribution in [0.4, 0.5) is 0 Å². The first-order chi connectivity index (χ1) is 8.67. The van der Waals surface area contributed by atoms with Gasteiger partial charge in [0.1, 0.15) is 5.75 Å². The molecular formula is C15H22BrNO. The van der Waals surface area contributed by atoms with E-state index in [4.69, 9.17) is 4.74 Å². The number of halogens is 1. The summed E-state index contributed by atoms with van der Waals surface area (Å²) in [6, 6.07) is 6.58. The Morgan fingerprint density at radius 3 is 2.94 bits per heavy atom. The van der Waals surface area contributed by atoms with Gasteiger partial charge in [0.15, 0.2) is 0 Å². The highest BCUT2D eigenvalue weighted by molar-refractivity contribution is 9.10. The number of rotatable bonds is 8. The molecule has 0 aliphatic heterocycles. The Morgan fingerprint density at radius 1 is 1.50 bits per heavy atom. The van der Waals surface area contributed by atoms with Crippen molar-refractivity contribution < 1.29 is 4.74 Å². The zero-order valence-electron chi connectivity index (χ0n) is 11.2. The second-order valence-corrected chi connectivity index (χ2v) is 5.32. The van der Waals surface area contributed by atoms with Crippen molar-refractivity contribution in [3.63, 3.8) is 0 Å². The second kappa shape index (κ2) is 8.33. The number of benzene rings is 1. The quantitative estimate of drug-likeness (QED) is 0.723. The number of ether oxygens (including phenoxy) is 1. The molecule has 0 heterocycles. The van der Waals surface area contributed by atoms with Crippen LogP contribution in [0.2, 0.25) is 0 Å². The first kappa shape index (κ1) is 15.3. The van der Waals surface area contributed by atoms with Crippen molar-refractivity contribution in [3.05, 3.63) is 40.9 Å². The van der Waals surface area contributed by atoms with Crippen molar-refractivity contribution in [1.82, 2.24) is 5.32 Å². The van der Waals surface area contributed by atoms with Crippen molar-refractivity contribution in [2.75, 3.05) is 6.61 Å². The van der Waals surface area contributed by atoms with Crippen LogP contribution in [0, 0.1) is 0 Å². The summed E-state index contributed by atoms with van der Waals surface area (Å²) in [5, 5.41) is 3.47. The van der Waals surface area contributed by atoms with E-state index in [0.29, 0.717) is 6.04 Å². The van der Waals surface area contributed by atoms with Crippen LogP contribution in [0.3, 0.4) is 0 Å². The summed E-state index contributed by atoms with van der Waals surface area (Å²) in [6.45, 7) is 9.60. The molecule has 0 aliphatic carbocycles. The number of nitrogens with one attached hydrogen (secondary N) is 1. The summed E-state index contributed by atoms with van der Waals surface area (Å²) < 4.78 is 6.84. The minimum atomic E-state index is 0.431. The zero-order chi connectivity index (χ0) is 13.4. The first-order valence-corrected chi connectivity index (χ1v) is 7.22. The predicted molar refractivity (Wildman–Crippen MR) is 81.0 cm³/mol. The smallest absolute Gasteiger partial charge is 0.123 e. The lowest BCUT2D eigenvalue weighted by atomic mass is 10.1. The topological polar surface area (TPSA) is 21.3 Å². The molecule has 3 heteroatoms. The number of hydrogen-bond donors (Lipinski definition) is 1.